The Bertz CT molecular complexity index is 548. The van der Waals surface area contributed by atoms with Gasteiger partial charge in [0.15, 0.2) is 5.75 Å². The molecule has 0 radical (unpaired) electrons. The number of likely N-dealkylation sites (tertiary alicyclic amines) is 1. The molecule has 1 aliphatic heterocycles. The second kappa shape index (κ2) is 6.27. The van der Waals surface area contributed by atoms with Crippen molar-refractivity contribution >= 4 is 0 Å². The highest BCUT2D eigenvalue weighted by molar-refractivity contribution is 5.30. The van der Waals surface area contributed by atoms with E-state index in [9.17, 15) is 9.90 Å². The van der Waals surface area contributed by atoms with E-state index in [0.717, 1.165) is 18.8 Å². The molecule has 0 aliphatic carbocycles. The van der Waals surface area contributed by atoms with Gasteiger partial charge in [-0.3, -0.25) is 9.69 Å². The van der Waals surface area contributed by atoms with Gasteiger partial charge < -0.3 is 9.67 Å². The number of hydrogen-bond donors (Lipinski definition) is 1. The van der Waals surface area contributed by atoms with Crippen LogP contribution in [0, 0.1) is 12.8 Å². The molecule has 2 heterocycles. The monoisotopic (exact) mass is 276 g/mol. The van der Waals surface area contributed by atoms with E-state index in [-0.39, 0.29) is 11.2 Å². The van der Waals surface area contributed by atoms with Gasteiger partial charge in [-0.25, -0.2) is 0 Å². The number of aryl methyl sites for hydroxylation is 1. The van der Waals surface area contributed by atoms with Gasteiger partial charge in [0.1, 0.15) is 0 Å². The highest BCUT2D eigenvalue weighted by Gasteiger charge is 2.20. The lowest BCUT2D eigenvalue weighted by Gasteiger charge is -2.32. The molecule has 1 N–H and O–H groups in total. The fourth-order valence-electron chi connectivity index (χ4n) is 3.00. The van der Waals surface area contributed by atoms with Crippen molar-refractivity contribution in [3.05, 3.63) is 40.3 Å². The van der Waals surface area contributed by atoms with Crippen molar-refractivity contribution in [1.29, 1.82) is 0 Å². The van der Waals surface area contributed by atoms with E-state index in [1.807, 2.05) is 11.5 Å². The zero-order valence-electron chi connectivity index (χ0n) is 12.4. The summed E-state index contributed by atoms with van der Waals surface area (Å²) in [4.78, 5) is 14.1. The Labute approximate surface area is 120 Å². The SMILES string of the molecule is C=CCn1c(C)cc(=O)c(O)c1CN1CCCC(C)C1. The quantitative estimate of drug-likeness (QED) is 0.858. The summed E-state index contributed by atoms with van der Waals surface area (Å²) < 4.78 is 1.98. The maximum atomic E-state index is 11.8. The lowest BCUT2D eigenvalue weighted by Crippen LogP contribution is -2.35. The van der Waals surface area contributed by atoms with Crippen molar-refractivity contribution in [3.63, 3.8) is 0 Å². The van der Waals surface area contributed by atoms with E-state index in [1.165, 1.54) is 18.9 Å². The summed E-state index contributed by atoms with van der Waals surface area (Å²) in [7, 11) is 0. The number of aromatic hydroxyl groups is 1. The molecular formula is C16H24N2O2. The second-order valence-corrected chi connectivity index (χ2v) is 5.83. The fraction of sp³-hybridized carbons (Fsp3) is 0.562. The van der Waals surface area contributed by atoms with Crippen LogP contribution in [0.5, 0.6) is 5.75 Å². The lowest BCUT2D eigenvalue weighted by molar-refractivity contribution is 0.170. The van der Waals surface area contributed by atoms with Gasteiger partial charge >= 0.3 is 0 Å². The molecule has 1 aliphatic rings. The molecular weight excluding hydrogens is 252 g/mol. The van der Waals surface area contributed by atoms with Crippen LogP contribution in [-0.2, 0) is 13.1 Å². The van der Waals surface area contributed by atoms with E-state index < -0.39 is 0 Å². The first kappa shape index (κ1) is 14.9. The Morgan fingerprint density at radius 3 is 2.95 bits per heavy atom. The summed E-state index contributed by atoms with van der Waals surface area (Å²) >= 11 is 0. The average Bonchev–Trinajstić information content (AvgIpc) is 2.40. The predicted octanol–water partition coefficient (Wildman–Crippen LogP) is 2.28. The smallest absolute Gasteiger partial charge is 0.223 e. The molecule has 0 spiro atoms. The first-order valence-corrected chi connectivity index (χ1v) is 7.28. The van der Waals surface area contributed by atoms with Gasteiger partial charge in [0.05, 0.1) is 5.69 Å². The minimum Gasteiger partial charge on any atom is -0.503 e. The Morgan fingerprint density at radius 2 is 2.30 bits per heavy atom. The van der Waals surface area contributed by atoms with Gasteiger partial charge in [-0.2, -0.15) is 0 Å². The summed E-state index contributed by atoms with van der Waals surface area (Å²) in [6, 6.07) is 1.49. The minimum absolute atomic E-state index is 0.115. The topological polar surface area (TPSA) is 45.5 Å². The Hall–Kier alpha value is -1.55. The van der Waals surface area contributed by atoms with E-state index in [1.54, 1.807) is 6.08 Å². The summed E-state index contributed by atoms with van der Waals surface area (Å²) in [5.41, 5.74) is 1.29. The lowest BCUT2D eigenvalue weighted by atomic mass is 10.00. The van der Waals surface area contributed by atoms with Crippen molar-refractivity contribution in [1.82, 2.24) is 9.47 Å². The van der Waals surface area contributed by atoms with Crippen LogP contribution in [0.2, 0.25) is 0 Å². The third-order valence-electron chi connectivity index (χ3n) is 4.02. The minimum atomic E-state index is -0.289. The number of pyridine rings is 1. The largest absolute Gasteiger partial charge is 0.503 e. The average molecular weight is 276 g/mol. The number of nitrogens with zero attached hydrogens (tertiary/aromatic N) is 2. The molecule has 1 aromatic heterocycles. The Kier molecular flexibility index (Phi) is 4.65. The van der Waals surface area contributed by atoms with Crippen LogP contribution < -0.4 is 5.43 Å². The van der Waals surface area contributed by atoms with E-state index >= 15 is 0 Å². The number of rotatable bonds is 4. The molecule has 1 aromatic rings. The molecule has 0 aromatic carbocycles. The first-order valence-electron chi connectivity index (χ1n) is 7.28. The van der Waals surface area contributed by atoms with Crippen LogP contribution in [0.25, 0.3) is 0 Å². The third kappa shape index (κ3) is 3.12. The summed E-state index contributed by atoms with van der Waals surface area (Å²) in [6.07, 6.45) is 4.23. The first-order chi connectivity index (χ1) is 9.52. The highest BCUT2D eigenvalue weighted by Crippen LogP contribution is 2.21. The maximum Gasteiger partial charge on any atom is 0.223 e. The van der Waals surface area contributed by atoms with Gasteiger partial charge in [-0.05, 0) is 32.2 Å². The van der Waals surface area contributed by atoms with E-state index in [0.29, 0.717) is 24.7 Å². The van der Waals surface area contributed by atoms with Crippen LogP contribution in [0.1, 0.15) is 31.2 Å². The molecule has 0 saturated carbocycles. The van der Waals surface area contributed by atoms with Crippen LogP contribution in [0.3, 0.4) is 0 Å². The molecule has 0 amide bonds. The van der Waals surface area contributed by atoms with Gasteiger partial charge in [0.2, 0.25) is 5.43 Å². The van der Waals surface area contributed by atoms with Gasteiger partial charge in [0.25, 0.3) is 0 Å². The molecule has 20 heavy (non-hydrogen) atoms. The molecule has 1 atom stereocenters. The summed E-state index contributed by atoms with van der Waals surface area (Å²) in [5.74, 6) is 0.561. The number of aromatic nitrogens is 1. The van der Waals surface area contributed by atoms with Crippen molar-refractivity contribution < 1.29 is 5.11 Å². The molecule has 0 bridgehead atoms. The van der Waals surface area contributed by atoms with Crippen molar-refractivity contribution in [2.45, 2.75) is 39.8 Å². The highest BCUT2D eigenvalue weighted by atomic mass is 16.3. The normalized spacial score (nSPS) is 20.0. The van der Waals surface area contributed by atoms with E-state index in [4.69, 9.17) is 0 Å². The molecule has 2 rings (SSSR count). The molecule has 1 unspecified atom stereocenters. The van der Waals surface area contributed by atoms with Crippen molar-refractivity contribution in [2.75, 3.05) is 13.1 Å². The Morgan fingerprint density at radius 1 is 1.55 bits per heavy atom. The van der Waals surface area contributed by atoms with Crippen molar-refractivity contribution in [2.24, 2.45) is 5.92 Å². The zero-order chi connectivity index (χ0) is 14.7. The van der Waals surface area contributed by atoms with Gasteiger partial charge in [-0.15, -0.1) is 6.58 Å². The molecule has 4 heteroatoms. The van der Waals surface area contributed by atoms with Crippen LogP contribution in [0.15, 0.2) is 23.5 Å². The summed E-state index contributed by atoms with van der Waals surface area (Å²) in [6.45, 7) is 11.2. The van der Waals surface area contributed by atoms with Crippen LogP contribution in [-0.4, -0.2) is 27.7 Å². The molecule has 110 valence electrons. The standard InChI is InChI=1S/C16H24N2O2/c1-4-7-18-13(3)9-15(19)16(20)14(18)11-17-8-5-6-12(2)10-17/h4,9,12,20H,1,5-8,10-11H2,2-3H3. The zero-order valence-corrected chi connectivity index (χ0v) is 12.4. The maximum absolute atomic E-state index is 11.8. The number of hydrogen-bond acceptors (Lipinski definition) is 3. The third-order valence-corrected chi connectivity index (χ3v) is 4.02. The van der Waals surface area contributed by atoms with Crippen molar-refractivity contribution in [3.8, 4) is 5.75 Å². The molecule has 4 nitrogen and oxygen atoms in total. The van der Waals surface area contributed by atoms with Crippen LogP contribution in [0.4, 0.5) is 0 Å². The van der Waals surface area contributed by atoms with Crippen LogP contribution >= 0.6 is 0 Å². The fourth-order valence-corrected chi connectivity index (χ4v) is 3.00. The summed E-state index contributed by atoms with van der Waals surface area (Å²) in [5, 5.41) is 10.1. The number of piperidine rings is 1. The predicted molar refractivity (Wildman–Crippen MR) is 81.0 cm³/mol. The van der Waals surface area contributed by atoms with Gasteiger partial charge in [0, 0.05) is 31.4 Å². The molecule has 1 saturated heterocycles. The second-order valence-electron chi connectivity index (χ2n) is 5.83. The Balaban J connectivity index is 2.33. The molecule has 1 fully saturated rings. The van der Waals surface area contributed by atoms with Gasteiger partial charge in [-0.1, -0.05) is 13.0 Å². The van der Waals surface area contributed by atoms with E-state index in [2.05, 4.69) is 18.4 Å². The number of allylic oxidation sites excluding steroid dienone is 1.